The summed E-state index contributed by atoms with van der Waals surface area (Å²) in [4.78, 5) is 37.6. The Morgan fingerprint density at radius 2 is 1.87 bits per heavy atom. The lowest BCUT2D eigenvalue weighted by Gasteiger charge is -2.14. The third kappa shape index (κ3) is 5.01. The van der Waals surface area contributed by atoms with Crippen LogP contribution >= 0.6 is 27.5 Å². The molecule has 1 aromatic heterocycles. The molecule has 2 aromatic carbocycles. The van der Waals surface area contributed by atoms with E-state index in [4.69, 9.17) is 11.6 Å². The third-order valence-corrected chi connectivity index (χ3v) is 5.22. The zero-order valence-electron chi connectivity index (χ0n) is 16.3. The highest BCUT2D eigenvalue weighted by molar-refractivity contribution is 9.10. The minimum absolute atomic E-state index is 0.147. The molecule has 3 amide bonds. The molecule has 156 valence electrons. The van der Waals surface area contributed by atoms with Gasteiger partial charge in [0.1, 0.15) is 5.69 Å². The summed E-state index contributed by atoms with van der Waals surface area (Å²) in [6, 6.07) is 13.5. The second kappa shape index (κ2) is 9.32. The van der Waals surface area contributed by atoms with Crippen LogP contribution in [0.1, 0.15) is 30.8 Å². The number of anilines is 1. The average Bonchev–Trinajstić information content (AvgIpc) is 3.05. The standard InChI is InChI=1S/C21H20BrClN4O3/c1-3-12(2)24-20(29)21(30)26-27-17-8-7-14(22)9-13(17)10-18(27)19(28)25-16-6-4-5-15(23)11-16/h4-12H,3H2,1-2H3,(H,24,29)(H,25,28)(H,26,30)/t12-/m1/s1. The van der Waals surface area contributed by atoms with Gasteiger partial charge in [-0.1, -0.05) is 40.5 Å². The van der Waals surface area contributed by atoms with Crippen LogP contribution in [-0.4, -0.2) is 28.4 Å². The molecule has 3 N–H and O–H groups in total. The quantitative estimate of drug-likeness (QED) is 0.465. The van der Waals surface area contributed by atoms with E-state index in [1.54, 1.807) is 49.4 Å². The summed E-state index contributed by atoms with van der Waals surface area (Å²) in [5, 5.41) is 6.55. The highest BCUT2D eigenvalue weighted by atomic mass is 79.9. The van der Waals surface area contributed by atoms with E-state index >= 15 is 0 Å². The fourth-order valence-electron chi connectivity index (χ4n) is 2.78. The van der Waals surface area contributed by atoms with Gasteiger partial charge in [-0.05, 0) is 55.8 Å². The molecule has 0 aliphatic carbocycles. The topological polar surface area (TPSA) is 92.2 Å². The average molecular weight is 492 g/mol. The summed E-state index contributed by atoms with van der Waals surface area (Å²) < 4.78 is 2.12. The van der Waals surface area contributed by atoms with Crippen LogP contribution in [0.5, 0.6) is 0 Å². The SMILES string of the molecule is CC[C@@H](C)NC(=O)C(=O)Nn1c(C(=O)Nc2cccc(Cl)c2)cc2cc(Br)ccc21. The van der Waals surface area contributed by atoms with Crippen LogP contribution in [-0.2, 0) is 9.59 Å². The second-order valence-corrected chi connectivity index (χ2v) is 8.11. The third-order valence-electron chi connectivity index (χ3n) is 4.49. The smallest absolute Gasteiger partial charge is 0.328 e. The molecule has 1 heterocycles. The Morgan fingerprint density at radius 3 is 2.57 bits per heavy atom. The Labute approximate surface area is 186 Å². The van der Waals surface area contributed by atoms with Crippen molar-refractivity contribution >= 4 is 61.8 Å². The minimum Gasteiger partial charge on any atom is -0.345 e. The molecule has 0 spiro atoms. The molecule has 30 heavy (non-hydrogen) atoms. The molecule has 0 saturated heterocycles. The van der Waals surface area contributed by atoms with Gasteiger partial charge >= 0.3 is 11.8 Å². The van der Waals surface area contributed by atoms with Crippen LogP contribution in [0.15, 0.2) is 53.0 Å². The van der Waals surface area contributed by atoms with Crippen LogP contribution in [0.25, 0.3) is 10.9 Å². The first-order chi connectivity index (χ1) is 14.3. The summed E-state index contributed by atoms with van der Waals surface area (Å²) in [6.45, 7) is 3.70. The van der Waals surface area contributed by atoms with E-state index in [2.05, 4.69) is 32.0 Å². The molecule has 0 aliphatic heterocycles. The van der Waals surface area contributed by atoms with Crippen molar-refractivity contribution in [3.8, 4) is 0 Å². The Hall–Kier alpha value is -2.84. The molecular weight excluding hydrogens is 472 g/mol. The van der Waals surface area contributed by atoms with Crippen molar-refractivity contribution in [2.45, 2.75) is 26.3 Å². The van der Waals surface area contributed by atoms with Crippen LogP contribution in [0, 0.1) is 0 Å². The number of nitrogens with one attached hydrogen (secondary N) is 3. The molecule has 0 aliphatic rings. The molecule has 0 saturated carbocycles. The predicted octanol–water partition coefficient (Wildman–Crippen LogP) is 4.29. The zero-order valence-corrected chi connectivity index (χ0v) is 18.7. The van der Waals surface area contributed by atoms with E-state index < -0.39 is 17.7 Å². The number of fused-ring (bicyclic) bond motifs is 1. The van der Waals surface area contributed by atoms with Crippen LogP contribution in [0.2, 0.25) is 5.02 Å². The summed E-state index contributed by atoms with van der Waals surface area (Å²) in [6.07, 6.45) is 0.687. The van der Waals surface area contributed by atoms with Gasteiger partial charge in [-0.25, -0.2) is 4.68 Å². The summed E-state index contributed by atoms with van der Waals surface area (Å²) in [5.74, 6) is -2.11. The van der Waals surface area contributed by atoms with E-state index in [0.717, 1.165) is 4.47 Å². The number of benzene rings is 2. The van der Waals surface area contributed by atoms with Crippen LogP contribution < -0.4 is 16.1 Å². The predicted molar refractivity (Wildman–Crippen MR) is 121 cm³/mol. The Morgan fingerprint density at radius 1 is 1.10 bits per heavy atom. The fraction of sp³-hybridized carbons (Fsp3) is 0.190. The van der Waals surface area contributed by atoms with Crippen LogP contribution in [0.3, 0.4) is 0 Å². The van der Waals surface area contributed by atoms with Gasteiger partial charge in [-0.2, -0.15) is 0 Å². The van der Waals surface area contributed by atoms with Crippen LogP contribution in [0.4, 0.5) is 5.69 Å². The molecule has 0 fully saturated rings. The molecular formula is C21H20BrClN4O3. The molecule has 0 unspecified atom stereocenters. The molecule has 9 heteroatoms. The van der Waals surface area contributed by atoms with E-state index in [-0.39, 0.29) is 11.7 Å². The number of aromatic nitrogens is 1. The number of carbonyl (C=O) groups is 3. The van der Waals surface area contributed by atoms with Crippen molar-refractivity contribution in [2.75, 3.05) is 10.7 Å². The molecule has 0 radical (unpaired) electrons. The Kier molecular flexibility index (Phi) is 6.79. The lowest BCUT2D eigenvalue weighted by atomic mass is 10.2. The number of amides is 3. The van der Waals surface area contributed by atoms with Crippen molar-refractivity contribution in [1.82, 2.24) is 9.99 Å². The monoisotopic (exact) mass is 490 g/mol. The maximum atomic E-state index is 12.9. The summed E-state index contributed by atoms with van der Waals surface area (Å²) >= 11 is 9.38. The second-order valence-electron chi connectivity index (χ2n) is 6.76. The van der Waals surface area contributed by atoms with Crippen molar-refractivity contribution in [3.05, 3.63) is 63.7 Å². The summed E-state index contributed by atoms with van der Waals surface area (Å²) in [7, 11) is 0. The van der Waals surface area contributed by atoms with Gasteiger partial charge in [-0.15, -0.1) is 0 Å². The normalized spacial score (nSPS) is 11.7. The molecule has 1 atom stereocenters. The van der Waals surface area contributed by atoms with Gasteiger partial charge in [0, 0.05) is 26.6 Å². The first-order valence-corrected chi connectivity index (χ1v) is 10.5. The maximum Gasteiger partial charge on any atom is 0.328 e. The van der Waals surface area contributed by atoms with Crippen molar-refractivity contribution in [3.63, 3.8) is 0 Å². The van der Waals surface area contributed by atoms with E-state index in [1.807, 2.05) is 13.0 Å². The largest absolute Gasteiger partial charge is 0.345 e. The summed E-state index contributed by atoms with van der Waals surface area (Å²) in [5.41, 5.74) is 3.76. The zero-order chi connectivity index (χ0) is 21.8. The van der Waals surface area contributed by atoms with Gasteiger partial charge in [0.15, 0.2) is 0 Å². The Balaban J connectivity index is 1.94. The number of halogens is 2. The van der Waals surface area contributed by atoms with Crippen molar-refractivity contribution < 1.29 is 14.4 Å². The van der Waals surface area contributed by atoms with Gasteiger partial charge in [0.05, 0.1) is 5.52 Å². The Bertz CT molecular complexity index is 1130. The first-order valence-electron chi connectivity index (χ1n) is 9.28. The lowest BCUT2D eigenvalue weighted by molar-refractivity contribution is -0.137. The highest BCUT2D eigenvalue weighted by Gasteiger charge is 2.21. The molecule has 7 nitrogen and oxygen atoms in total. The number of hydrogen-bond donors (Lipinski definition) is 3. The highest BCUT2D eigenvalue weighted by Crippen LogP contribution is 2.24. The molecule has 0 bridgehead atoms. The maximum absolute atomic E-state index is 12.9. The van der Waals surface area contributed by atoms with Gasteiger partial charge < -0.3 is 10.6 Å². The number of carbonyl (C=O) groups excluding carboxylic acids is 3. The van der Waals surface area contributed by atoms with E-state index in [0.29, 0.717) is 28.0 Å². The van der Waals surface area contributed by atoms with E-state index in [1.165, 1.54) is 4.68 Å². The minimum atomic E-state index is -0.868. The number of hydrogen-bond acceptors (Lipinski definition) is 3. The van der Waals surface area contributed by atoms with Gasteiger partial charge in [0.25, 0.3) is 5.91 Å². The fourth-order valence-corrected chi connectivity index (χ4v) is 3.35. The number of nitrogens with zero attached hydrogens (tertiary/aromatic N) is 1. The van der Waals surface area contributed by atoms with E-state index in [9.17, 15) is 14.4 Å². The molecule has 3 rings (SSSR count). The van der Waals surface area contributed by atoms with Crippen molar-refractivity contribution in [1.29, 1.82) is 0 Å². The first kappa shape index (κ1) is 21.9. The molecule has 3 aromatic rings. The number of rotatable bonds is 5. The van der Waals surface area contributed by atoms with Gasteiger partial charge in [0.2, 0.25) is 0 Å². The van der Waals surface area contributed by atoms with Crippen molar-refractivity contribution in [2.24, 2.45) is 0 Å². The lowest BCUT2D eigenvalue weighted by Crippen LogP contribution is -2.43. The van der Waals surface area contributed by atoms with Gasteiger partial charge in [-0.3, -0.25) is 19.8 Å².